The van der Waals surface area contributed by atoms with Crippen molar-refractivity contribution in [2.45, 2.75) is 26.2 Å². The lowest BCUT2D eigenvalue weighted by Crippen LogP contribution is -2.10. The Bertz CT molecular complexity index is 415. The molecule has 17 heavy (non-hydrogen) atoms. The summed E-state index contributed by atoms with van der Waals surface area (Å²) < 4.78 is 24.3. The molecule has 0 amide bonds. The Morgan fingerprint density at radius 2 is 2.18 bits per heavy atom. The lowest BCUT2D eigenvalue weighted by Gasteiger charge is -2.20. The highest BCUT2D eigenvalue weighted by molar-refractivity contribution is 6.30. The summed E-state index contributed by atoms with van der Waals surface area (Å²) in [6.45, 7) is 3.91. The standard InChI is InChI=1S/C12H15ClF2N2/c1-7(2)9(3-4-11(14)15)10-5-8(13)6-17-12(10)16/h4-7,9H,3H2,1-2H3,(H2,16,17)/t9-/m0/s1. The van der Waals surface area contributed by atoms with Gasteiger partial charge in [0.25, 0.3) is 6.08 Å². The first-order valence-electron chi connectivity index (χ1n) is 5.34. The van der Waals surface area contributed by atoms with E-state index in [0.717, 1.165) is 11.6 Å². The Hall–Kier alpha value is -1.16. The van der Waals surface area contributed by atoms with Crippen LogP contribution in [0.4, 0.5) is 14.6 Å². The fourth-order valence-electron chi connectivity index (χ4n) is 1.74. The van der Waals surface area contributed by atoms with Crippen LogP contribution in [0.15, 0.2) is 24.4 Å². The van der Waals surface area contributed by atoms with Gasteiger partial charge in [0.1, 0.15) is 5.82 Å². The molecule has 0 unspecified atom stereocenters. The van der Waals surface area contributed by atoms with E-state index in [2.05, 4.69) is 4.98 Å². The average Bonchev–Trinajstić information content (AvgIpc) is 2.22. The highest BCUT2D eigenvalue weighted by atomic mass is 35.5. The molecular formula is C12H15ClF2N2. The van der Waals surface area contributed by atoms with Crippen molar-refractivity contribution in [1.82, 2.24) is 4.98 Å². The molecule has 2 N–H and O–H groups in total. The van der Waals surface area contributed by atoms with Crippen LogP contribution in [-0.4, -0.2) is 4.98 Å². The van der Waals surface area contributed by atoms with Gasteiger partial charge in [-0.1, -0.05) is 25.4 Å². The number of nitrogen functional groups attached to an aromatic ring is 1. The lowest BCUT2D eigenvalue weighted by atomic mass is 9.86. The van der Waals surface area contributed by atoms with E-state index in [1.54, 1.807) is 6.07 Å². The molecule has 0 aliphatic carbocycles. The molecule has 1 heterocycles. The highest BCUT2D eigenvalue weighted by Crippen LogP contribution is 2.33. The zero-order chi connectivity index (χ0) is 13.0. The van der Waals surface area contributed by atoms with E-state index in [0.29, 0.717) is 10.8 Å². The van der Waals surface area contributed by atoms with Crippen molar-refractivity contribution >= 4 is 17.4 Å². The van der Waals surface area contributed by atoms with Crippen LogP contribution >= 0.6 is 11.6 Å². The Morgan fingerprint density at radius 3 is 2.71 bits per heavy atom. The first kappa shape index (κ1) is 13.9. The maximum absolute atomic E-state index is 12.1. The van der Waals surface area contributed by atoms with Crippen LogP contribution in [0.1, 0.15) is 31.7 Å². The van der Waals surface area contributed by atoms with Crippen LogP contribution in [0.3, 0.4) is 0 Å². The molecule has 1 atom stereocenters. The average molecular weight is 261 g/mol. The molecule has 1 aromatic heterocycles. The van der Waals surface area contributed by atoms with Gasteiger partial charge < -0.3 is 5.73 Å². The van der Waals surface area contributed by atoms with Gasteiger partial charge in [-0.3, -0.25) is 0 Å². The molecular weight excluding hydrogens is 246 g/mol. The number of hydrogen-bond acceptors (Lipinski definition) is 2. The second-order valence-electron chi connectivity index (χ2n) is 4.21. The van der Waals surface area contributed by atoms with Crippen molar-refractivity contribution in [3.63, 3.8) is 0 Å². The smallest absolute Gasteiger partial charge is 0.266 e. The van der Waals surface area contributed by atoms with Gasteiger partial charge in [0.05, 0.1) is 5.02 Å². The fraction of sp³-hybridized carbons (Fsp3) is 0.417. The van der Waals surface area contributed by atoms with Gasteiger partial charge in [-0.2, -0.15) is 8.78 Å². The summed E-state index contributed by atoms with van der Waals surface area (Å²) in [7, 11) is 0. The summed E-state index contributed by atoms with van der Waals surface area (Å²) in [6, 6.07) is 1.69. The lowest BCUT2D eigenvalue weighted by molar-refractivity contribution is 0.409. The predicted octanol–water partition coefficient (Wildman–Crippen LogP) is 4.23. The van der Waals surface area contributed by atoms with Crippen molar-refractivity contribution in [2.24, 2.45) is 5.92 Å². The largest absolute Gasteiger partial charge is 0.383 e. The molecule has 5 heteroatoms. The van der Waals surface area contributed by atoms with Crippen molar-refractivity contribution in [3.8, 4) is 0 Å². The quantitative estimate of drug-likeness (QED) is 0.880. The maximum atomic E-state index is 12.1. The fourth-order valence-corrected chi connectivity index (χ4v) is 1.90. The summed E-state index contributed by atoms with van der Waals surface area (Å²) in [5.74, 6) is 0.414. The van der Waals surface area contributed by atoms with E-state index in [4.69, 9.17) is 17.3 Å². The number of pyridine rings is 1. The number of nitrogens with zero attached hydrogens (tertiary/aromatic N) is 1. The van der Waals surface area contributed by atoms with Gasteiger partial charge >= 0.3 is 0 Å². The van der Waals surface area contributed by atoms with E-state index in [9.17, 15) is 8.78 Å². The monoisotopic (exact) mass is 260 g/mol. The van der Waals surface area contributed by atoms with Gasteiger partial charge in [0.2, 0.25) is 0 Å². The Morgan fingerprint density at radius 1 is 1.53 bits per heavy atom. The van der Waals surface area contributed by atoms with E-state index in [1.165, 1.54) is 6.20 Å². The zero-order valence-corrected chi connectivity index (χ0v) is 10.5. The summed E-state index contributed by atoms with van der Waals surface area (Å²) >= 11 is 5.85. The Labute approximate surface area is 104 Å². The second-order valence-corrected chi connectivity index (χ2v) is 4.64. The molecule has 0 fully saturated rings. The summed E-state index contributed by atoms with van der Waals surface area (Å²) in [4.78, 5) is 3.95. The molecule has 1 rings (SSSR count). The second kappa shape index (κ2) is 5.96. The molecule has 0 spiro atoms. The van der Waals surface area contributed by atoms with E-state index < -0.39 is 6.08 Å². The van der Waals surface area contributed by atoms with Gasteiger partial charge in [0, 0.05) is 6.20 Å². The number of aromatic nitrogens is 1. The maximum Gasteiger partial charge on any atom is 0.266 e. The van der Waals surface area contributed by atoms with Crippen molar-refractivity contribution < 1.29 is 8.78 Å². The first-order chi connectivity index (χ1) is 7.91. The van der Waals surface area contributed by atoms with Crippen LogP contribution in [0, 0.1) is 5.92 Å². The van der Waals surface area contributed by atoms with E-state index in [-0.39, 0.29) is 18.3 Å². The van der Waals surface area contributed by atoms with Crippen molar-refractivity contribution in [3.05, 3.63) is 35.0 Å². The SMILES string of the molecule is CC(C)[C@H](CC=C(F)F)c1cc(Cl)cnc1N. The van der Waals surface area contributed by atoms with Crippen LogP contribution in [0.2, 0.25) is 5.02 Å². The van der Waals surface area contributed by atoms with Crippen molar-refractivity contribution in [2.75, 3.05) is 5.73 Å². The number of rotatable bonds is 4. The molecule has 0 saturated carbocycles. The zero-order valence-electron chi connectivity index (χ0n) is 9.75. The van der Waals surface area contributed by atoms with Gasteiger partial charge in [-0.05, 0) is 36.0 Å². The summed E-state index contributed by atoms with van der Waals surface area (Å²) in [5.41, 5.74) is 6.48. The minimum absolute atomic E-state index is 0.109. The van der Waals surface area contributed by atoms with Gasteiger partial charge in [0.15, 0.2) is 0 Å². The normalized spacial score (nSPS) is 12.6. The molecule has 0 radical (unpaired) electrons. The van der Waals surface area contributed by atoms with Crippen LogP contribution in [0.5, 0.6) is 0 Å². The van der Waals surface area contributed by atoms with E-state index in [1.807, 2.05) is 13.8 Å². The molecule has 1 aromatic rings. The molecule has 2 nitrogen and oxygen atoms in total. The van der Waals surface area contributed by atoms with Gasteiger partial charge in [-0.15, -0.1) is 0 Å². The highest BCUT2D eigenvalue weighted by Gasteiger charge is 2.18. The van der Waals surface area contributed by atoms with Crippen molar-refractivity contribution in [1.29, 1.82) is 0 Å². The Balaban J connectivity index is 3.05. The summed E-state index contributed by atoms with van der Waals surface area (Å²) in [6.07, 6.45) is 0.907. The Kier molecular flexibility index (Phi) is 4.87. The van der Waals surface area contributed by atoms with Gasteiger partial charge in [-0.25, -0.2) is 4.98 Å². The van der Waals surface area contributed by atoms with Crippen LogP contribution in [0.25, 0.3) is 0 Å². The molecule has 0 saturated heterocycles. The van der Waals surface area contributed by atoms with Crippen LogP contribution in [-0.2, 0) is 0 Å². The van der Waals surface area contributed by atoms with E-state index >= 15 is 0 Å². The number of nitrogens with two attached hydrogens (primary N) is 1. The minimum atomic E-state index is -1.68. The molecule has 0 aromatic carbocycles. The topological polar surface area (TPSA) is 38.9 Å². The minimum Gasteiger partial charge on any atom is -0.383 e. The van der Waals surface area contributed by atoms with Crippen LogP contribution < -0.4 is 5.73 Å². The molecule has 0 bridgehead atoms. The first-order valence-corrected chi connectivity index (χ1v) is 5.71. The number of halogens is 3. The third-order valence-corrected chi connectivity index (χ3v) is 2.85. The predicted molar refractivity (Wildman–Crippen MR) is 66.2 cm³/mol. The summed E-state index contributed by atoms with van der Waals surface area (Å²) in [5, 5.41) is 0.463. The molecule has 94 valence electrons. The third-order valence-electron chi connectivity index (χ3n) is 2.65. The number of hydrogen-bond donors (Lipinski definition) is 1. The number of anilines is 1. The number of allylic oxidation sites excluding steroid dienone is 1. The molecule has 0 aliphatic heterocycles. The third kappa shape index (κ3) is 3.97. The molecule has 0 aliphatic rings.